The Morgan fingerprint density at radius 1 is 1.36 bits per heavy atom. The topological polar surface area (TPSA) is 84.0 Å². The van der Waals surface area contributed by atoms with Gasteiger partial charge < -0.3 is 10.6 Å². The van der Waals surface area contributed by atoms with Gasteiger partial charge in [0.25, 0.3) is 0 Å². The molecule has 1 atom stereocenters. The van der Waals surface area contributed by atoms with E-state index in [1.54, 1.807) is 0 Å². The molecular weight excluding hydrogens is 320 g/mol. The second kappa shape index (κ2) is 6.45. The molecule has 2 aromatic rings. The van der Waals surface area contributed by atoms with Crippen LogP contribution in [-0.4, -0.2) is 27.3 Å². The summed E-state index contributed by atoms with van der Waals surface area (Å²) in [5, 5.41) is 14.3. The second-order valence-corrected chi connectivity index (χ2v) is 7.01. The summed E-state index contributed by atoms with van der Waals surface area (Å²) in [6.07, 6.45) is 0.886. The lowest BCUT2D eigenvalue weighted by Crippen LogP contribution is -2.32. The molecule has 114 valence electrons. The van der Waals surface area contributed by atoms with Crippen LogP contribution in [0.25, 0.3) is 0 Å². The Morgan fingerprint density at radius 3 is 2.95 bits per heavy atom. The molecule has 2 heterocycles. The molecule has 0 aliphatic carbocycles. The maximum absolute atomic E-state index is 12.1. The number of fused-ring (bicyclic) bond motifs is 1. The molecule has 0 unspecified atom stereocenters. The van der Waals surface area contributed by atoms with E-state index < -0.39 is 5.25 Å². The minimum absolute atomic E-state index is 0.103. The first-order valence-corrected chi connectivity index (χ1v) is 8.54. The largest absolute Gasteiger partial charge is 0.324 e. The number of carbonyl (C=O) groups excluding carboxylic acids is 2. The summed E-state index contributed by atoms with van der Waals surface area (Å²) in [6.45, 7) is 1.98. The first-order valence-electron chi connectivity index (χ1n) is 6.84. The van der Waals surface area contributed by atoms with Gasteiger partial charge in [-0.1, -0.05) is 30.4 Å². The van der Waals surface area contributed by atoms with Crippen LogP contribution in [0.1, 0.15) is 18.4 Å². The van der Waals surface area contributed by atoms with Crippen LogP contribution in [0.5, 0.6) is 0 Å². The van der Waals surface area contributed by atoms with E-state index in [0.717, 1.165) is 22.0 Å². The van der Waals surface area contributed by atoms with Crippen LogP contribution in [0.2, 0.25) is 0 Å². The minimum Gasteiger partial charge on any atom is -0.324 e. The normalized spacial score (nSPS) is 16.8. The standard InChI is InChI=1S/C14H14N4O2S2/c1-2-12-17-18-14(22-12)16-11(19)7-10-13(20)15-8-5-3-4-6-9(8)21-10/h3-6,10H,2,7H2,1H3,(H,15,20)(H,16,18,19)/t10-/m0/s1. The van der Waals surface area contributed by atoms with E-state index in [9.17, 15) is 9.59 Å². The highest BCUT2D eigenvalue weighted by Crippen LogP contribution is 2.36. The first kappa shape index (κ1) is 15.0. The average molecular weight is 334 g/mol. The molecule has 0 saturated carbocycles. The first-order chi connectivity index (χ1) is 10.7. The van der Waals surface area contributed by atoms with Crippen LogP contribution in [-0.2, 0) is 16.0 Å². The van der Waals surface area contributed by atoms with Crippen molar-refractivity contribution < 1.29 is 9.59 Å². The molecule has 1 aromatic carbocycles. The Balaban J connectivity index is 1.63. The highest BCUT2D eigenvalue weighted by atomic mass is 32.2. The van der Waals surface area contributed by atoms with Gasteiger partial charge in [0.2, 0.25) is 16.9 Å². The number of anilines is 2. The van der Waals surface area contributed by atoms with Gasteiger partial charge in [-0.15, -0.1) is 22.0 Å². The zero-order valence-corrected chi connectivity index (χ0v) is 13.5. The number of rotatable bonds is 4. The molecule has 3 rings (SSSR count). The number of para-hydroxylation sites is 1. The third-order valence-corrected chi connectivity index (χ3v) is 5.35. The number of thioether (sulfide) groups is 1. The molecule has 2 amide bonds. The summed E-state index contributed by atoms with van der Waals surface area (Å²) in [5.41, 5.74) is 0.797. The Labute approximate surface area is 135 Å². The van der Waals surface area contributed by atoms with Crippen molar-refractivity contribution in [1.82, 2.24) is 10.2 Å². The molecular formula is C14H14N4O2S2. The Morgan fingerprint density at radius 2 is 2.18 bits per heavy atom. The van der Waals surface area contributed by atoms with Gasteiger partial charge in [-0.3, -0.25) is 9.59 Å². The number of aromatic nitrogens is 2. The average Bonchev–Trinajstić information content (AvgIpc) is 2.95. The zero-order chi connectivity index (χ0) is 15.5. The van der Waals surface area contributed by atoms with Crippen LogP contribution >= 0.6 is 23.1 Å². The summed E-state index contributed by atoms with van der Waals surface area (Å²) in [7, 11) is 0. The lowest BCUT2D eigenvalue weighted by molar-refractivity contribution is -0.120. The highest BCUT2D eigenvalue weighted by Gasteiger charge is 2.29. The van der Waals surface area contributed by atoms with Gasteiger partial charge in [0.05, 0.1) is 10.9 Å². The predicted octanol–water partition coefficient (Wildman–Crippen LogP) is 2.54. The van der Waals surface area contributed by atoms with Gasteiger partial charge in [-0.2, -0.15) is 0 Å². The van der Waals surface area contributed by atoms with Crippen molar-refractivity contribution in [2.24, 2.45) is 0 Å². The summed E-state index contributed by atoms with van der Waals surface area (Å²) < 4.78 is 0. The molecule has 22 heavy (non-hydrogen) atoms. The molecule has 1 aliphatic heterocycles. The summed E-state index contributed by atoms with van der Waals surface area (Å²) >= 11 is 2.76. The third kappa shape index (κ3) is 3.28. The van der Waals surface area contributed by atoms with Crippen molar-refractivity contribution in [2.45, 2.75) is 29.9 Å². The fourth-order valence-corrected chi connectivity index (χ4v) is 3.82. The van der Waals surface area contributed by atoms with Crippen molar-refractivity contribution in [2.75, 3.05) is 10.6 Å². The fourth-order valence-electron chi connectivity index (χ4n) is 2.01. The van der Waals surface area contributed by atoms with Crippen molar-refractivity contribution in [3.8, 4) is 0 Å². The molecule has 0 fully saturated rings. The molecule has 1 aromatic heterocycles. The Bertz CT molecular complexity index is 716. The molecule has 0 radical (unpaired) electrons. The molecule has 8 heteroatoms. The summed E-state index contributed by atoms with van der Waals surface area (Å²) in [5.74, 6) is -0.379. The van der Waals surface area contributed by atoms with Gasteiger partial charge in [-0.05, 0) is 18.6 Å². The zero-order valence-electron chi connectivity index (χ0n) is 11.8. The number of benzene rings is 1. The Hall–Kier alpha value is -1.93. The molecule has 6 nitrogen and oxygen atoms in total. The van der Waals surface area contributed by atoms with E-state index in [0.29, 0.717) is 5.13 Å². The highest BCUT2D eigenvalue weighted by molar-refractivity contribution is 8.01. The van der Waals surface area contributed by atoms with Gasteiger partial charge in [0.1, 0.15) is 5.01 Å². The van der Waals surface area contributed by atoms with Gasteiger partial charge in [0.15, 0.2) is 0 Å². The Kier molecular flexibility index (Phi) is 4.39. The molecule has 0 spiro atoms. The van der Waals surface area contributed by atoms with Crippen LogP contribution in [0.3, 0.4) is 0 Å². The van der Waals surface area contributed by atoms with Crippen LogP contribution < -0.4 is 10.6 Å². The number of nitrogens with one attached hydrogen (secondary N) is 2. The number of hydrogen-bond acceptors (Lipinski definition) is 6. The van der Waals surface area contributed by atoms with Gasteiger partial charge in [-0.25, -0.2) is 0 Å². The van der Waals surface area contributed by atoms with E-state index >= 15 is 0 Å². The number of hydrogen-bond donors (Lipinski definition) is 2. The predicted molar refractivity (Wildman–Crippen MR) is 87.3 cm³/mol. The number of amides is 2. The van der Waals surface area contributed by atoms with E-state index in [4.69, 9.17) is 0 Å². The molecule has 0 bridgehead atoms. The van der Waals surface area contributed by atoms with Gasteiger partial charge >= 0.3 is 0 Å². The summed E-state index contributed by atoms with van der Waals surface area (Å²) in [4.78, 5) is 25.1. The molecule has 1 aliphatic rings. The van der Waals surface area contributed by atoms with Crippen LogP contribution in [0.15, 0.2) is 29.2 Å². The quantitative estimate of drug-likeness (QED) is 0.898. The molecule has 0 saturated heterocycles. The minimum atomic E-state index is -0.437. The van der Waals surface area contributed by atoms with Crippen molar-refractivity contribution in [3.05, 3.63) is 29.3 Å². The van der Waals surface area contributed by atoms with Crippen molar-refractivity contribution in [3.63, 3.8) is 0 Å². The molecule has 2 N–H and O–H groups in total. The van der Waals surface area contributed by atoms with E-state index in [1.807, 2.05) is 31.2 Å². The smallest absolute Gasteiger partial charge is 0.238 e. The SMILES string of the molecule is CCc1nnc(NC(=O)C[C@@H]2Sc3ccccc3NC2=O)s1. The van der Waals surface area contributed by atoms with E-state index in [-0.39, 0.29) is 18.2 Å². The summed E-state index contributed by atoms with van der Waals surface area (Å²) in [6, 6.07) is 7.56. The number of nitrogens with zero attached hydrogens (tertiary/aromatic N) is 2. The fraction of sp³-hybridized carbons (Fsp3) is 0.286. The van der Waals surface area contributed by atoms with Crippen LogP contribution in [0, 0.1) is 0 Å². The lowest BCUT2D eigenvalue weighted by atomic mass is 10.2. The van der Waals surface area contributed by atoms with Crippen LogP contribution in [0.4, 0.5) is 10.8 Å². The maximum atomic E-state index is 12.1. The van der Waals surface area contributed by atoms with Crippen molar-refractivity contribution in [1.29, 1.82) is 0 Å². The lowest BCUT2D eigenvalue weighted by Gasteiger charge is -2.23. The van der Waals surface area contributed by atoms with Crippen molar-refractivity contribution >= 4 is 45.7 Å². The number of carbonyl (C=O) groups is 2. The number of aryl methyl sites for hydroxylation is 1. The van der Waals surface area contributed by atoms with E-state index in [2.05, 4.69) is 20.8 Å². The van der Waals surface area contributed by atoms with E-state index in [1.165, 1.54) is 23.1 Å². The third-order valence-electron chi connectivity index (χ3n) is 3.09. The van der Waals surface area contributed by atoms with Gasteiger partial charge in [0, 0.05) is 11.3 Å². The maximum Gasteiger partial charge on any atom is 0.238 e. The second-order valence-electron chi connectivity index (χ2n) is 4.70. The monoisotopic (exact) mass is 334 g/mol.